The third-order valence-electron chi connectivity index (χ3n) is 4.95. The first-order valence-corrected chi connectivity index (χ1v) is 11.4. The number of rotatable bonds is 9. The fourth-order valence-electron chi connectivity index (χ4n) is 3.33. The van der Waals surface area contributed by atoms with Crippen molar-refractivity contribution in [2.45, 2.75) is 52.1 Å². The summed E-state index contributed by atoms with van der Waals surface area (Å²) < 4.78 is 0. The van der Waals surface area contributed by atoms with E-state index in [2.05, 4.69) is 59.9 Å². The summed E-state index contributed by atoms with van der Waals surface area (Å²) in [5.41, 5.74) is 2.86. The van der Waals surface area contributed by atoms with Gasteiger partial charge >= 0.3 is 0 Å². The quantitative estimate of drug-likeness (QED) is 0.392. The zero-order valence-electron chi connectivity index (χ0n) is 16.8. The lowest BCUT2D eigenvalue weighted by Crippen LogP contribution is -2.48. The number of likely N-dealkylation sites (tertiary alicyclic amines) is 1. The summed E-state index contributed by atoms with van der Waals surface area (Å²) in [6.45, 7) is 9.56. The molecule has 0 atom stereocenters. The Hall–Kier alpha value is -1.20. The molecule has 1 aromatic carbocycles. The lowest BCUT2D eigenvalue weighted by Gasteiger charge is -2.33. The summed E-state index contributed by atoms with van der Waals surface area (Å²) in [6, 6.07) is 9.27. The number of unbranched alkanes of at least 4 members (excludes halogenated alkanes) is 1. The van der Waals surface area contributed by atoms with Gasteiger partial charge in [0.2, 0.25) is 0 Å². The van der Waals surface area contributed by atoms with Crippen LogP contribution in [0, 0.1) is 6.92 Å². The van der Waals surface area contributed by atoms with Gasteiger partial charge in [0.05, 0.1) is 0 Å². The third-order valence-corrected chi connectivity index (χ3v) is 5.65. The van der Waals surface area contributed by atoms with Crippen LogP contribution in [-0.2, 0) is 6.54 Å². The van der Waals surface area contributed by atoms with Crippen molar-refractivity contribution in [3.05, 3.63) is 35.4 Å². The van der Waals surface area contributed by atoms with E-state index in [0.717, 1.165) is 38.7 Å². The molecule has 0 aromatic heterocycles. The second-order valence-electron chi connectivity index (χ2n) is 7.08. The van der Waals surface area contributed by atoms with Gasteiger partial charge in [0, 0.05) is 38.8 Å². The van der Waals surface area contributed by atoms with Crippen LogP contribution in [0.4, 0.5) is 0 Å². The number of aryl methyl sites for hydroxylation is 1. The molecule has 2 N–H and O–H groups in total. The van der Waals surface area contributed by atoms with Crippen LogP contribution in [0.3, 0.4) is 0 Å². The van der Waals surface area contributed by atoms with E-state index in [0.29, 0.717) is 6.04 Å². The van der Waals surface area contributed by atoms with Gasteiger partial charge in [-0.15, -0.1) is 0 Å². The Bertz CT molecular complexity index is 539. The molecule has 1 aliphatic rings. The summed E-state index contributed by atoms with van der Waals surface area (Å²) >= 11 is 1.92. The van der Waals surface area contributed by atoms with Crippen LogP contribution in [-0.4, -0.2) is 55.1 Å². The van der Waals surface area contributed by atoms with Gasteiger partial charge in [-0.1, -0.05) is 24.3 Å². The van der Waals surface area contributed by atoms with Gasteiger partial charge in [0.25, 0.3) is 0 Å². The van der Waals surface area contributed by atoms with Crippen LogP contribution in [0.1, 0.15) is 43.7 Å². The van der Waals surface area contributed by atoms with E-state index in [4.69, 9.17) is 4.99 Å². The zero-order valence-corrected chi connectivity index (χ0v) is 17.6. The molecule has 0 saturated carbocycles. The van der Waals surface area contributed by atoms with Crippen molar-refractivity contribution in [2.24, 2.45) is 4.99 Å². The molecule has 1 aliphatic heterocycles. The Labute approximate surface area is 164 Å². The van der Waals surface area contributed by atoms with Crippen molar-refractivity contribution in [2.75, 3.05) is 38.2 Å². The monoisotopic (exact) mass is 376 g/mol. The molecule has 5 heteroatoms. The Balaban J connectivity index is 1.74. The maximum absolute atomic E-state index is 4.75. The smallest absolute Gasteiger partial charge is 0.191 e. The highest BCUT2D eigenvalue weighted by molar-refractivity contribution is 7.98. The van der Waals surface area contributed by atoms with Crippen LogP contribution < -0.4 is 10.6 Å². The van der Waals surface area contributed by atoms with Gasteiger partial charge in [-0.25, -0.2) is 0 Å². The largest absolute Gasteiger partial charge is 0.357 e. The number of guanidine groups is 1. The van der Waals surface area contributed by atoms with Crippen molar-refractivity contribution in [1.82, 2.24) is 15.5 Å². The topological polar surface area (TPSA) is 39.7 Å². The van der Waals surface area contributed by atoms with Gasteiger partial charge < -0.3 is 10.6 Å². The summed E-state index contributed by atoms with van der Waals surface area (Å²) in [4.78, 5) is 7.33. The van der Waals surface area contributed by atoms with Crippen molar-refractivity contribution in [1.29, 1.82) is 0 Å². The van der Waals surface area contributed by atoms with E-state index >= 15 is 0 Å². The van der Waals surface area contributed by atoms with E-state index in [-0.39, 0.29) is 0 Å². The van der Waals surface area contributed by atoms with Crippen LogP contribution in [0.5, 0.6) is 0 Å². The number of thioether (sulfide) groups is 1. The molecule has 0 unspecified atom stereocenters. The number of hydrogen-bond donors (Lipinski definition) is 2. The molecule has 4 nitrogen and oxygen atoms in total. The number of nitrogens with zero attached hydrogens (tertiary/aromatic N) is 2. The highest BCUT2D eigenvalue weighted by Gasteiger charge is 2.20. The van der Waals surface area contributed by atoms with E-state index in [1.165, 1.54) is 42.6 Å². The summed E-state index contributed by atoms with van der Waals surface area (Å²) in [7, 11) is 0. The number of hydrogen-bond acceptors (Lipinski definition) is 3. The van der Waals surface area contributed by atoms with Gasteiger partial charge in [-0.05, 0) is 62.7 Å². The number of nitrogens with one attached hydrogen (secondary N) is 2. The number of piperidine rings is 1. The minimum absolute atomic E-state index is 0.534. The van der Waals surface area contributed by atoms with Gasteiger partial charge in [-0.3, -0.25) is 9.89 Å². The summed E-state index contributed by atoms with van der Waals surface area (Å²) in [6.07, 6.45) is 6.96. The van der Waals surface area contributed by atoms with Crippen LogP contribution >= 0.6 is 11.8 Å². The molecule has 1 heterocycles. The molecule has 1 fully saturated rings. The Morgan fingerprint density at radius 2 is 2.00 bits per heavy atom. The first-order chi connectivity index (χ1) is 12.7. The molecule has 0 aliphatic carbocycles. The first kappa shape index (κ1) is 21.1. The van der Waals surface area contributed by atoms with Crippen molar-refractivity contribution in [3.8, 4) is 0 Å². The molecule has 0 bridgehead atoms. The average molecular weight is 377 g/mol. The third kappa shape index (κ3) is 7.58. The minimum atomic E-state index is 0.534. The molecule has 26 heavy (non-hydrogen) atoms. The predicted molar refractivity (Wildman–Crippen MR) is 116 cm³/mol. The maximum Gasteiger partial charge on any atom is 0.191 e. The molecular weight excluding hydrogens is 340 g/mol. The number of aliphatic imine (C=N–C) groups is 1. The fourth-order valence-corrected chi connectivity index (χ4v) is 3.82. The highest BCUT2D eigenvalue weighted by Crippen LogP contribution is 2.16. The van der Waals surface area contributed by atoms with E-state index in [1.807, 2.05) is 11.8 Å². The molecular formula is C21H36N4S. The molecule has 0 amide bonds. The lowest BCUT2D eigenvalue weighted by molar-refractivity contribution is 0.198. The summed E-state index contributed by atoms with van der Waals surface area (Å²) in [5.74, 6) is 2.23. The molecule has 2 rings (SSSR count). The van der Waals surface area contributed by atoms with Gasteiger partial charge in [0.15, 0.2) is 5.96 Å². The van der Waals surface area contributed by atoms with Crippen molar-refractivity contribution in [3.63, 3.8) is 0 Å². The van der Waals surface area contributed by atoms with E-state index in [9.17, 15) is 0 Å². The molecule has 0 spiro atoms. The SMILES string of the molecule is CCNC(=NCCCCSC)NC1CCN(Cc2ccccc2C)CC1. The Morgan fingerprint density at radius 3 is 2.69 bits per heavy atom. The highest BCUT2D eigenvalue weighted by atomic mass is 32.2. The average Bonchev–Trinajstić information content (AvgIpc) is 2.65. The minimum Gasteiger partial charge on any atom is -0.357 e. The van der Waals surface area contributed by atoms with E-state index < -0.39 is 0 Å². The van der Waals surface area contributed by atoms with Gasteiger partial charge in [0.1, 0.15) is 0 Å². The standard InChI is InChI=1S/C21H36N4S/c1-4-22-21(23-13-7-8-16-26-3)24-20-11-14-25(15-12-20)17-19-10-6-5-9-18(19)2/h5-6,9-10,20H,4,7-8,11-17H2,1-3H3,(H2,22,23,24). The molecule has 1 saturated heterocycles. The molecule has 0 radical (unpaired) electrons. The maximum atomic E-state index is 4.75. The fraction of sp³-hybridized carbons (Fsp3) is 0.667. The lowest BCUT2D eigenvalue weighted by atomic mass is 10.0. The molecule has 146 valence electrons. The Kier molecular flexibility index (Phi) is 9.93. The van der Waals surface area contributed by atoms with Crippen LogP contribution in [0.2, 0.25) is 0 Å². The van der Waals surface area contributed by atoms with Crippen molar-refractivity contribution < 1.29 is 0 Å². The Morgan fingerprint density at radius 1 is 1.23 bits per heavy atom. The summed E-state index contributed by atoms with van der Waals surface area (Å²) in [5, 5.41) is 7.05. The second-order valence-corrected chi connectivity index (χ2v) is 8.07. The van der Waals surface area contributed by atoms with E-state index in [1.54, 1.807) is 0 Å². The van der Waals surface area contributed by atoms with Gasteiger partial charge in [-0.2, -0.15) is 11.8 Å². The number of benzene rings is 1. The normalized spacial score (nSPS) is 16.7. The van der Waals surface area contributed by atoms with Crippen LogP contribution in [0.15, 0.2) is 29.3 Å². The van der Waals surface area contributed by atoms with Crippen LogP contribution in [0.25, 0.3) is 0 Å². The predicted octanol–water partition coefficient (Wildman–Crippen LogP) is 3.66. The zero-order chi connectivity index (χ0) is 18.6. The first-order valence-electron chi connectivity index (χ1n) is 10.0. The van der Waals surface area contributed by atoms with Crippen molar-refractivity contribution >= 4 is 17.7 Å². The molecule has 1 aromatic rings. The second kappa shape index (κ2) is 12.2.